The van der Waals surface area contributed by atoms with Crippen molar-refractivity contribution in [2.75, 3.05) is 21.3 Å². The molecule has 3 rings (SSSR count). The van der Waals surface area contributed by atoms with Crippen molar-refractivity contribution in [1.29, 1.82) is 0 Å². The molecule has 2 aromatic carbocycles. The van der Waals surface area contributed by atoms with Gasteiger partial charge in [-0.05, 0) is 36.1 Å². The first kappa shape index (κ1) is 14.4. The number of aromatic hydroxyl groups is 2. The van der Waals surface area contributed by atoms with Gasteiger partial charge in [0.25, 0.3) is 0 Å². The molecule has 5 nitrogen and oxygen atoms in total. The van der Waals surface area contributed by atoms with Crippen molar-refractivity contribution in [3.63, 3.8) is 0 Å². The van der Waals surface area contributed by atoms with Crippen LogP contribution >= 0.6 is 0 Å². The third kappa shape index (κ3) is 1.93. The molecule has 116 valence electrons. The molecule has 0 aromatic heterocycles. The maximum absolute atomic E-state index is 10.6. The lowest BCUT2D eigenvalue weighted by Crippen LogP contribution is -2.06. The Labute approximate surface area is 128 Å². The molecule has 0 unspecified atom stereocenters. The van der Waals surface area contributed by atoms with E-state index in [1.54, 1.807) is 6.07 Å². The Hall–Kier alpha value is -2.56. The van der Waals surface area contributed by atoms with Gasteiger partial charge in [0.1, 0.15) is 0 Å². The summed E-state index contributed by atoms with van der Waals surface area (Å²) in [7, 11) is 4.50. The zero-order valence-corrected chi connectivity index (χ0v) is 12.8. The van der Waals surface area contributed by atoms with Gasteiger partial charge < -0.3 is 24.4 Å². The van der Waals surface area contributed by atoms with Crippen molar-refractivity contribution >= 4 is 0 Å². The Kier molecular flexibility index (Phi) is 3.48. The summed E-state index contributed by atoms with van der Waals surface area (Å²) in [5, 5.41) is 21.1. The molecule has 22 heavy (non-hydrogen) atoms. The average molecular weight is 302 g/mol. The fourth-order valence-corrected chi connectivity index (χ4v) is 3.04. The number of fused-ring (bicyclic) bond motifs is 3. The summed E-state index contributed by atoms with van der Waals surface area (Å²) in [5.74, 6) is 1.12. The number of phenols is 2. The third-order valence-corrected chi connectivity index (χ3v) is 4.09. The van der Waals surface area contributed by atoms with Crippen molar-refractivity contribution in [3.05, 3.63) is 29.3 Å². The SMILES string of the molecule is COc1ccc2c(c1O)-c1c(cc(OC)c(OC)c1O)CC2. The van der Waals surface area contributed by atoms with E-state index in [1.165, 1.54) is 21.3 Å². The van der Waals surface area contributed by atoms with Gasteiger partial charge >= 0.3 is 0 Å². The smallest absolute Gasteiger partial charge is 0.203 e. The molecule has 0 bridgehead atoms. The van der Waals surface area contributed by atoms with E-state index in [0.29, 0.717) is 22.6 Å². The highest BCUT2D eigenvalue weighted by molar-refractivity contribution is 5.87. The van der Waals surface area contributed by atoms with Crippen LogP contribution in [0, 0.1) is 0 Å². The minimum Gasteiger partial charge on any atom is -0.504 e. The lowest BCUT2D eigenvalue weighted by molar-refractivity contribution is 0.332. The summed E-state index contributed by atoms with van der Waals surface area (Å²) < 4.78 is 15.7. The molecule has 1 aliphatic carbocycles. The summed E-state index contributed by atoms with van der Waals surface area (Å²) in [6.07, 6.45) is 1.52. The maximum atomic E-state index is 10.6. The van der Waals surface area contributed by atoms with Crippen molar-refractivity contribution in [2.45, 2.75) is 12.8 Å². The van der Waals surface area contributed by atoms with Crippen LogP contribution in [0.2, 0.25) is 0 Å². The fraction of sp³-hybridized carbons (Fsp3) is 0.294. The van der Waals surface area contributed by atoms with Gasteiger partial charge in [-0.25, -0.2) is 0 Å². The van der Waals surface area contributed by atoms with E-state index in [4.69, 9.17) is 14.2 Å². The second-order valence-corrected chi connectivity index (χ2v) is 5.15. The Morgan fingerprint density at radius 1 is 0.773 bits per heavy atom. The van der Waals surface area contributed by atoms with Crippen molar-refractivity contribution in [3.8, 4) is 39.9 Å². The Morgan fingerprint density at radius 3 is 2.05 bits per heavy atom. The molecule has 1 aliphatic rings. The van der Waals surface area contributed by atoms with Gasteiger partial charge in [-0.1, -0.05) is 6.07 Å². The van der Waals surface area contributed by atoms with Crippen LogP contribution in [0.15, 0.2) is 18.2 Å². The highest BCUT2D eigenvalue weighted by atomic mass is 16.5. The summed E-state index contributed by atoms with van der Waals surface area (Å²) in [6.45, 7) is 0. The molecular formula is C17H18O5. The van der Waals surface area contributed by atoms with E-state index in [1.807, 2.05) is 12.1 Å². The highest BCUT2D eigenvalue weighted by Crippen LogP contribution is 2.53. The predicted octanol–water partition coefficient (Wildman–Crippen LogP) is 2.89. The van der Waals surface area contributed by atoms with Crippen LogP contribution in [-0.2, 0) is 12.8 Å². The minimum absolute atomic E-state index is 0.0265. The van der Waals surface area contributed by atoms with Gasteiger partial charge in [0, 0.05) is 11.1 Å². The van der Waals surface area contributed by atoms with Crippen molar-refractivity contribution < 1.29 is 24.4 Å². The molecule has 2 aromatic rings. The monoisotopic (exact) mass is 302 g/mol. The fourth-order valence-electron chi connectivity index (χ4n) is 3.04. The van der Waals surface area contributed by atoms with E-state index in [9.17, 15) is 10.2 Å². The van der Waals surface area contributed by atoms with E-state index in [0.717, 1.165) is 24.0 Å². The van der Waals surface area contributed by atoms with Crippen molar-refractivity contribution in [2.24, 2.45) is 0 Å². The Bertz CT molecular complexity index is 737. The van der Waals surface area contributed by atoms with Crippen LogP contribution < -0.4 is 14.2 Å². The zero-order valence-electron chi connectivity index (χ0n) is 12.8. The first-order valence-corrected chi connectivity index (χ1v) is 6.98. The predicted molar refractivity (Wildman–Crippen MR) is 82.3 cm³/mol. The average Bonchev–Trinajstić information content (AvgIpc) is 2.54. The molecule has 0 fully saturated rings. The van der Waals surface area contributed by atoms with Gasteiger partial charge in [-0.3, -0.25) is 0 Å². The van der Waals surface area contributed by atoms with Crippen LogP contribution in [-0.4, -0.2) is 31.5 Å². The number of ether oxygens (including phenoxy) is 3. The molecule has 0 amide bonds. The van der Waals surface area contributed by atoms with E-state index < -0.39 is 0 Å². The van der Waals surface area contributed by atoms with E-state index >= 15 is 0 Å². The number of phenolic OH excluding ortho intramolecular Hbond substituents is 2. The topological polar surface area (TPSA) is 68.2 Å². The quantitative estimate of drug-likeness (QED) is 0.912. The van der Waals surface area contributed by atoms with Crippen LogP contribution in [0.5, 0.6) is 28.7 Å². The largest absolute Gasteiger partial charge is 0.504 e. The maximum Gasteiger partial charge on any atom is 0.203 e. The summed E-state index contributed by atoms with van der Waals surface area (Å²) >= 11 is 0. The molecular weight excluding hydrogens is 284 g/mol. The number of benzene rings is 2. The second-order valence-electron chi connectivity index (χ2n) is 5.15. The van der Waals surface area contributed by atoms with Gasteiger partial charge in [-0.2, -0.15) is 0 Å². The molecule has 0 saturated heterocycles. The first-order valence-electron chi connectivity index (χ1n) is 6.98. The molecule has 2 N–H and O–H groups in total. The Morgan fingerprint density at radius 2 is 1.41 bits per heavy atom. The molecule has 0 heterocycles. The van der Waals surface area contributed by atoms with Gasteiger partial charge in [-0.15, -0.1) is 0 Å². The standard InChI is InChI=1S/C17H18O5/c1-20-11-7-6-9-4-5-10-8-12(21-2)17(22-3)16(19)14(10)13(9)15(11)18/h6-8,18-19H,4-5H2,1-3H3. The molecule has 0 atom stereocenters. The minimum atomic E-state index is -0.0265. The van der Waals surface area contributed by atoms with Crippen molar-refractivity contribution in [1.82, 2.24) is 0 Å². The van der Waals surface area contributed by atoms with E-state index in [-0.39, 0.29) is 17.2 Å². The summed E-state index contributed by atoms with van der Waals surface area (Å²) in [4.78, 5) is 0. The second kappa shape index (κ2) is 5.33. The number of methoxy groups -OCH3 is 3. The van der Waals surface area contributed by atoms with Gasteiger partial charge in [0.15, 0.2) is 23.0 Å². The normalized spacial score (nSPS) is 12.3. The Balaban J connectivity index is 2.34. The number of hydrogen-bond donors (Lipinski definition) is 2. The highest BCUT2D eigenvalue weighted by Gasteiger charge is 2.28. The molecule has 0 aliphatic heterocycles. The van der Waals surface area contributed by atoms with Crippen LogP contribution in [0.25, 0.3) is 11.1 Å². The third-order valence-electron chi connectivity index (χ3n) is 4.09. The number of rotatable bonds is 3. The lowest BCUT2D eigenvalue weighted by Gasteiger charge is -2.24. The zero-order chi connectivity index (χ0) is 15.9. The first-order chi connectivity index (χ1) is 10.6. The number of aryl methyl sites for hydroxylation is 2. The molecule has 5 heteroatoms. The molecule has 0 spiro atoms. The molecule has 0 radical (unpaired) electrons. The van der Waals surface area contributed by atoms with Crippen LogP contribution in [0.4, 0.5) is 0 Å². The van der Waals surface area contributed by atoms with Gasteiger partial charge in [0.05, 0.1) is 21.3 Å². The number of hydrogen-bond acceptors (Lipinski definition) is 5. The summed E-state index contributed by atoms with van der Waals surface area (Å²) in [5.41, 5.74) is 3.05. The van der Waals surface area contributed by atoms with E-state index in [2.05, 4.69) is 0 Å². The summed E-state index contributed by atoms with van der Waals surface area (Å²) in [6, 6.07) is 5.49. The van der Waals surface area contributed by atoms with Crippen LogP contribution in [0.1, 0.15) is 11.1 Å². The van der Waals surface area contributed by atoms with Crippen LogP contribution in [0.3, 0.4) is 0 Å². The van der Waals surface area contributed by atoms with Gasteiger partial charge in [0.2, 0.25) is 5.75 Å². The molecule has 0 saturated carbocycles. The lowest BCUT2D eigenvalue weighted by atomic mass is 9.84.